The van der Waals surface area contributed by atoms with Crippen LogP contribution in [0.1, 0.15) is 28.9 Å². The van der Waals surface area contributed by atoms with Crippen molar-refractivity contribution in [3.05, 3.63) is 95.4 Å². The first-order chi connectivity index (χ1) is 15.7. The van der Waals surface area contributed by atoms with Crippen LogP contribution >= 0.6 is 0 Å². The molecular formula is C26H30N2O4. The van der Waals surface area contributed by atoms with Crippen LogP contribution in [0, 0.1) is 6.92 Å². The fraction of sp³-hybridized carbons (Fsp3) is 0.346. The van der Waals surface area contributed by atoms with Crippen molar-refractivity contribution in [3.63, 3.8) is 0 Å². The molecule has 32 heavy (non-hydrogen) atoms. The number of aryl methyl sites for hydroxylation is 1. The topological polar surface area (TPSA) is 67.4 Å². The number of nitrogens with zero attached hydrogens (tertiary/aromatic N) is 2. The van der Waals surface area contributed by atoms with Gasteiger partial charge >= 0.3 is 0 Å². The summed E-state index contributed by atoms with van der Waals surface area (Å²) in [4.78, 5) is 7.98. The van der Waals surface area contributed by atoms with E-state index in [0.29, 0.717) is 19.7 Å². The molecule has 6 heteroatoms. The molecule has 1 aliphatic rings. The maximum absolute atomic E-state index is 10.6. The highest BCUT2D eigenvalue weighted by Gasteiger charge is 2.26. The van der Waals surface area contributed by atoms with E-state index in [1.54, 1.807) is 6.26 Å². The van der Waals surface area contributed by atoms with Crippen LogP contribution in [0.3, 0.4) is 0 Å². The Bertz CT molecular complexity index is 988. The predicted octanol–water partition coefficient (Wildman–Crippen LogP) is 4.16. The van der Waals surface area contributed by atoms with Gasteiger partial charge in [-0.25, -0.2) is 0 Å². The summed E-state index contributed by atoms with van der Waals surface area (Å²) in [5.74, 6) is 0.749. The minimum absolute atomic E-state index is 0.0513. The van der Waals surface area contributed by atoms with Gasteiger partial charge in [-0.1, -0.05) is 59.8 Å². The molecule has 1 aromatic heterocycles. The van der Waals surface area contributed by atoms with Gasteiger partial charge in [-0.3, -0.25) is 4.90 Å². The summed E-state index contributed by atoms with van der Waals surface area (Å²) < 4.78 is 10.9. The quantitative estimate of drug-likeness (QED) is 0.491. The Morgan fingerprint density at radius 3 is 2.69 bits per heavy atom. The molecule has 0 unspecified atom stereocenters. The number of rotatable bonds is 11. The SMILES string of the molecule is Cc1ccccc1C1=NO[C@H](CN(Cc2ccccc2)C[C@@H](O)COCc2ccco2)C1. The van der Waals surface area contributed by atoms with Gasteiger partial charge in [0.2, 0.25) is 0 Å². The molecule has 0 fully saturated rings. The molecule has 0 saturated carbocycles. The van der Waals surface area contributed by atoms with E-state index in [9.17, 15) is 5.11 Å². The number of benzene rings is 2. The maximum Gasteiger partial charge on any atom is 0.145 e. The summed E-state index contributed by atoms with van der Waals surface area (Å²) in [7, 11) is 0. The summed E-state index contributed by atoms with van der Waals surface area (Å²) in [5.41, 5.74) is 4.50. The zero-order valence-electron chi connectivity index (χ0n) is 18.4. The van der Waals surface area contributed by atoms with Crippen LogP contribution < -0.4 is 0 Å². The normalized spacial score (nSPS) is 16.7. The number of hydrogen-bond donors (Lipinski definition) is 1. The molecule has 0 aliphatic carbocycles. The van der Waals surface area contributed by atoms with Crippen LogP contribution in [-0.2, 0) is 22.7 Å². The average Bonchev–Trinajstić information content (AvgIpc) is 3.47. The highest BCUT2D eigenvalue weighted by molar-refractivity contribution is 6.02. The summed E-state index contributed by atoms with van der Waals surface area (Å²) in [6.45, 7) is 4.54. The van der Waals surface area contributed by atoms with Crippen LogP contribution in [0.25, 0.3) is 0 Å². The van der Waals surface area contributed by atoms with Crippen LogP contribution in [0.5, 0.6) is 0 Å². The van der Waals surface area contributed by atoms with Gasteiger partial charge in [-0.2, -0.15) is 0 Å². The third-order valence-corrected chi connectivity index (χ3v) is 5.50. The maximum atomic E-state index is 10.6. The summed E-state index contributed by atoms with van der Waals surface area (Å²) in [6, 6.07) is 22.2. The monoisotopic (exact) mass is 434 g/mol. The number of aliphatic hydroxyl groups excluding tert-OH is 1. The molecule has 3 aromatic rings. The van der Waals surface area contributed by atoms with Crippen molar-refractivity contribution in [3.8, 4) is 0 Å². The van der Waals surface area contributed by atoms with Crippen molar-refractivity contribution in [1.29, 1.82) is 0 Å². The molecule has 0 amide bonds. The summed E-state index contributed by atoms with van der Waals surface area (Å²) >= 11 is 0. The zero-order chi connectivity index (χ0) is 22.2. The zero-order valence-corrected chi connectivity index (χ0v) is 18.4. The molecule has 0 spiro atoms. The van der Waals surface area contributed by atoms with Crippen LogP contribution in [0.4, 0.5) is 0 Å². The standard InChI is InChI=1S/C26H30N2O4/c1-20-8-5-6-12-25(20)26-14-24(32-27-26)17-28(15-21-9-3-2-4-10-21)16-22(29)18-30-19-23-11-7-13-31-23/h2-13,22,24,29H,14-19H2,1H3/t22-,24+/m1/s1. The molecule has 168 valence electrons. The van der Waals surface area contributed by atoms with Gasteiger partial charge in [-0.15, -0.1) is 0 Å². The third kappa shape index (κ3) is 6.29. The second kappa shape index (κ2) is 11.1. The van der Waals surface area contributed by atoms with E-state index in [-0.39, 0.29) is 12.7 Å². The highest BCUT2D eigenvalue weighted by atomic mass is 16.6. The lowest BCUT2D eigenvalue weighted by atomic mass is 10.00. The largest absolute Gasteiger partial charge is 0.467 e. The van der Waals surface area contributed by atoms with Crippen molar-refractivity contribution >= 4 is 5.71 Å². The highest BCUT2D eigenvalue weighted by Crippen LogP contribution is 2.21. The molecule has 2 heterocycles. The molecule has 2 atom stereocenters. The number of aliphatic hydroxyl groups is 1. The van der Waals surface area contributed by atoms with Gasteiger partial charge in [0.1, 0.15) is 18.5 Å². The Kier molecular flexibility index (Phi) is 7.72. The van der Waals surface area contributed by atoms with E-state index >= 15 is 0 Å². The van der Waals surface area contributed by atoms with Crippen molar-refractivity contribution in [2.45, 2.75) is 38.7 Å². The van der Waals surface area contributed by atoms with Gasteiger partial charge in [0, 0.05) is 31.6 Å². The smallest absolute Gasteiger partial charge is 0.145 e. The molecule has 0 bridgehead atoms. The third-order valence-electron chi connectivity index (χ3n) is 5.50. The van der Waals surface area contributed by atoms with Gasteiger partial charge in [0.25, 0.3) is 0 Å². The molecule has 2 aromatic carbocycles. The number of hydrogen-bond acceptors (Lipinski definition) is 6. The first-order valence-electron chi connectivity index (χ1n) is 11.0. The van der Waals surface area contributed by atoms with E-state index in [1.807, 2.05) is 42.5 Å². The Balaban J connectivity index is 1.33. The number of furan rings is 1. The van der Waals surface area contributed by atoms with Crippen LogP contribution in [-0.4, -0.2) is 47.6 Å². The van der Waals surface area contributed by atoms with E-state index in [4.69, 9.17) is 14.0 Å². The van der Waals surface area contributed by atoms with Crippen molar-refractivity contribution in [2.24, 2.45) is 5.16 Å². The minimum atomic E-state index is -0.619. The van der Waals surface area contributed by atoms with Crippen LogP contribution in [0.2, 0.25) is 0 Å². The van der Waals surface area contributed by atoms with Gasteiger partial charge in [0.05, 0.1) is 24.7 Å². The summed E-state index contributed by atoms with van der Waals surface area (Å²) in [5, 5.41) is 15.0. The van der Waals surface area contributed by atoms with Crippen molar-refractivity contribution < 1.29 is 19.1 Å². The molecule has 1 N–H and O–H groups in total. The van der Waals surface area contributed by atoms with Crippen molar-refractivity contribution in [1.82, 2.24) is 4.90 Å². The summed E-state index contributed by atoms with van der Waals surface area (Å²) in [6.07, 6.45) is 1.70. The second-order valence-corrected chi connectivity index (χ2v) is 8.21. The van der Waals surface area contributed by atoms with Gasteiger partial charge in [-0.05, 0) is 30.2 Å². The Morgan fingerprint density at radius 2 is 1.91 bits per heavy atom. The van der Waals surface area contributed by atoms with E-state index in [1.165, 1.54) is 11.1 Å². The molecule has 0 saturated heterocycles. The van der Waals surface area contributed by atoms with Gasteiger partial charge < -0.3 is 19.1 Å². The molecule has 6 nitrogen and oxygen atoms in total. The second-order valence-electron chi connectivity index (χ2n) is 8.21. The Morgan fingerprint density at radius 1 is 1.09 bits per heavy atom. The number of oxime groups is 1. The number of ether oxygens (including phenoxy) is 1. The Labute approximate surface area is 189 Å². The minimum Gasteiger partial charge on any atom is -0.467 e. The fourth-order valence-electron chi connectivity index (χ4n) is 3.96. The van der Waals surface area contributed by atoms with E-state index < -0.39 is 6.10 Å². The van der Waals surface area contributed by atoms with E-state index in [0.717, 1.165) is 30.0 Å². The van der Waals surface area contributed by atoms with Gasteiger partial charge in [0.15, 0.2) is 0 Å². The lowest BCUT2D eigenvalue weighted by Crippen LogP contribution is -2.39. The molecule has 1 aliphatic heterocycles. The van der Waals surface area contributed by atoms with E-state index in [2.05, 4.69) is 41.2 Å². The first-order valence-corrected chi connectivity index (χ1v) is 11.0. The van der Waals surface area contributed by atoms with Crippen LogP contribution in [0.15, 0.2) is 82.6 Å². The lowest BCUT2D eigenvalue weighted by molar-refractivity contribution is -0.00955. The van der Waals surface area contributed by atoms with Crippen molar-refractivity contribution in [2.75, 3.05) is 19.7 Å². The predicted molar refractivity (Wildman–Crippen MR) is 123 cm³/mol. The lowest BCUT2D eigenvalue weighted by Gasteiger charge is -2.27. The first kappa shape index (κ1) is 22.3. The average molecular weight is 435 g/mol. The fourth-order valence-corrected chi connectivity index (χ4v) is 3.96. The molecule has 4 rings (SSSR count). The Hall–Kier alpha value is -2.93. The molecule has 0 radical (unpaired) electrons. The molecular weight excluding hydrogens is 404 g/mol.